The van der Waals surface area contributed by atoms with Gasteiger partial charge in [-0.2, -0.15) is 5.26 Å². The summed E-state index contributed by atoms with van der Waals surface area (Å²) in [6, 6.07) is 1.94. The highest BCUT2D eigenvalue weighted by Crippen LogP contribution is 2.39. The van der Waals surface area contributed by atoms with Crippen molar-refractivity contribution < 1.29 is 9.53 Å². The minimum atomic E-state index is -0.0591. The summed E-state index contributed by atoms with van der Waals surface area (Å²) in [5.41, 5.74) is 1.09. The Morgan fingerprint density at radius 2 is 1.86 bits per heavy atom. The van der Waals surface area contributed by atoms with Crippen LogP contribution in [0.25, 0.3) is 0 Å². The Morgan fingerprint density at radius 1 is 1.29 bits per heavy atom. The van der Waals surface area contributed by atoms with Gasteiger partial charge in [-0.1, -0.05) is 27.4 Å². The van der Waals surface area contributed by atoms with Crippen LogP contribution < -0.4 is 0 Å². The minimum Gasteiger partial charge on any atom is -0.466 e. The minimum absolute atomic E-state index is 0.000195. The van der Waals surface area contributed by atoms with Crippen LogP contribution in [0.2, 0.25) is 0 Å². The van der Waals surface area contributed by atoms with E-state index in [1.165, 1.54) is 0 Å². The summed E-state index contributed by atoms with van der Waals surface area (Å²) in [5.74, 6) is 1.99. The fourth-order valence-electron chi connectivity index (χ4n) is 3.01. The van der Waals surface area contributed by atoms with Gasteiger partial charge in [-0.05, 0) is 38.7 Å². The van der Waals surface area contributed by atoms with E-state index in [1.54, 1.807) is 0 Å². The smallest absolute Gasteiger partial charge is 0.150 e. The summed E-state index contributed by atoms with van der Waals surface area (Å²) in [6.45, 7) is 14.5. The zero-order valence-corrected chi connectivity index (χ0v) is 14.0. The van der Waals surface area contributed by atoms with Crippen molar-refractivity contribution in [2.24, 2.45) is 17.3 Å². The molecule has 1 fully saturated rings. The largest absolute Gasteiger partial charge is 0.466 e. The summed E-state index contributed by atoms with van der Waals surface area (Å²) in [7, 11) is 0. The van der Waals surface area contributed by atoms with E-state index in [1.807, 2.05) is 19.9 Å². The van der Waals surface area contributed by atoms with Crippen LogP contribution in [0.4, 0.5) is 0 Å². The van der Waals surface area contributed by atoms with E-state index in [0.717, 1.165) is 36.4 Å². The summed E-state index contributed by atoms with van der Waals surface area (Å²) < 4.78 is 6.06. The molecule has 3 heteroatoms. The zero-order valence-electron chi connectivity index (χ0n) is 14.0. The Bertz CT molecular complexity index is 484. The van der Waals surface area contributed by atoms with Gasteiger partial charge in [0.2, 0.25) is 0 Å². The number of carbonyl (C=O) groups excluding carboxylic acids is 1. The van der Waals surface area contributed by atoms with E-state index >= 15 is 0 Å². The maximum Gasteiger partial charge on any atom is 0.150 e. The zero-order chi connectivity index (χ0) is 16.2. The molecule has 0 aromatic rings. The fourth-order valence-corrected chi connectivity index (χ4v) is 3.01. The second kappa shape index (κ2) is 6.93. The molecular formula is C18H27NO2. The first kappa shape index (κ1) is 17.5. The van der Waals surface area contributed by atoms with Crippen LogP contribution in [-0.4, -0.2) is 5.78 Å². The van der Waals surface area contributed by atoms with E-state index in [0.29, 0.717) is 0 Å². The molecule has 0 aliphatic heterocycles. The molecule has 3 nitrogen and oxygen atoms in total. The highest BCUT2D eigenvalue weighted by atomic mass is 16.5. The lowest BCUT2D eigenvalue weighted by Crippen LogP contribution is -2.16. The molecule has 1 rings (SSSR count). The molecule has 1 aliphatic carbocycles. The normalized spacial score (nSPS) is 21.5. The monoisotopic (exact) mass is 289 g/mol. The van der Waals surface area contributed by atoms with Gasteiger partial charge in [0.25, 0.3) is 0 Å². The molecule has 0 radical (unpaired) electrons. The van der Waals surface area contributed by atoms with Crippen LogP contribution in [0.1, 0.15) is 60.3 Å². The standard InChI is InChI=1S/C18H27NO2/c1-12(2)17(18(4,5)6)21-13(3)14-7-8-15(11-14)16(20)9-10-19/h14-15H,3,7-9,11H2,1-2,4-6H3. The molecule has 0 bridgehead atoms. The summed E-state index contributed by atoms with van der Waals surface area (Å²) in [5, 5.41) is 8.62. The number of allylic oxidation sites excluding steroid dienone is 3. The van der Waals surface area contributed by atoms with Gasteiger partial charge >= 0.3 is 0 Å². The number of ketones is 1. The predicted octanol–water partition coefficient (Wildman–Crippen LogP) is 4.76. The van der Waals surface area contributed by atoms with Crippen LogP contribution in [0.3, 0.4) is 0 Å². The first-order chi connectivity index (χ1) is 9.66. The number of carbonyl (C=O) groups is 1. The SMILES string of the molecule is C=C(OC(=C(C)C)C(C)(C)C)C1CCC(C(=O)CC#N)C1. The van der Waals surface area contributed by atoms with Gasteiger partial charge in [-0.3, -0.25) is 4.79 Å². The molecule has 2 unspecified atom stereocenters. The van der Waals surface area contributed by atoms with Crippen molar-refractivity contribution in [2.75, 3.05) is 0 Å². The average molecular weight is 289 g/mol. The highest BCUT2D eigenvalue weighted by molar-refractivity contribution is 5.83. The van der Waals surface area contributed by atoms with Crippen LogP contribution >= 0.6 is 0 Å². The molecule has 116 valence electrons. The Balaban J connectivity index is 2.69. The third kappa shape index (κ3) is 4.74. The topological polar surface area (TPSA) is 50.1 Å². The van der Waals surface area contributed by atoms with E-state index < -0.39 is 0 Å². The van der Waals surface area contributed by atoms with Gasteiger partial charge in [0.05, 0.1) is 18.2 Å². The summed E-state index contributed by atoms with van der Waals surface area (Å²) in [4.78, 5) is 11.8. The van der Waals surface area contributed by atoms with Crippen molar-refractivity contribution in [2.45, 2.75) is 60.3 Å². The summed E-state index contributed by atoms with van der Waals surface area (Å²) in [6.07, 6.45) is 2.54. The Kier molecular flexibility index (Phi) is 5.78. The number of nitriles is 1. The number of ether oxygens (including phenoxy) is 1. The Hall–Kier alpha value is -1.56. The maximum atomic E-state index is 11.8. The quantitative estimate of drug-likeness (QED) is 0.686. The lowest BCUT2D eigenvalue weighted by atomic mass is 9.91. The Morgan fingerprint density at radius 3 is 2.33 bits per heavy atom. The fraction of sp³-hybridized carbons (Fsp3) is 0.667. The molecule has 0 heterocycles. The van der Waals surface area contributed by atoms with E-state index in [2.05, 4.69) is 27.4 Å². The molecule has 0 saturated heterocycles. The number of hydrogen-bond acceptors (Lipinski definition) is 3. The number of Topliss-reactive ketones (excluding diaryl/α,β-unsaturated/α-hetero) is 1. The Labute approximate surface area is 128 Å². The first-order valence-corrected chi connectivity index (χ1v) is 7.61. The lowest BCUT2D eigenvalue weighted by Gasteiger charge is -2.27. The molecule has 1 saturated carbocycles. The van der Waals surface area contributed by atoms with Gasteiger partial charge in [-0.25, -0.2) is 0 Å². The van der Waals surface area contributed by atoms with E-state index in [4.69, 9.17) is 10.00 Å². The maximum absolute atomic E-state index is 11.8. The van der Waals surface area contributed by atoms with Crippen LogP contribution in [0, 0.1) is 28.6 Å². The lowest BCUT2D eigenvalue weighted by molar-refractivity contribution is -0.121. The molecule has 0 aromatic carbocycles. The van der Waals surface area contributed by atoms with Crippen molar-refractivity contribution in [3.63, 3.8) is 0 Å². The van der Waals surface area contributed by atoms with Gasteiger partial charge in [0, 0.05) is 17.3 Å². The second-order valence-corrected chi connectivity index (χ2v) is 7.16. The van der Waals surface area contributed by atoms with Crippen molar-refractivity contribution in [1.82, 2.24) is 0 Å². The van der Waals surface area contributed by atoms with E-state index in [-0.39, 0.29) is 29.5 Å². The van der Waals surface area contributed by atoms with Crippen LogP contribution in [-0.2, 0) is 9.53 Å². The van der Waals surface area contributed by atoms with Crippen molar-refractivity contribution in [3.05, 3.63) is 23.7 Å². The molecule has 0 amide bonds. The highest BCUT2D eigenvalue weighted by Gasteiger charge is 2.33. The van der Waals surface area contributed by atoms with Crippen LogP contribution in [0.15, 0.2) is 23.7 Å². The molecule has 2 atom stereocenters. The molecule has 1 aliphatic rings. The third-order valence-corrected chi connectivity index (χ3v) is 3.97. The second-order valence-electron chi connectivity index (χ2n) is 7.16. The number of rotatable bonds is 5. The van der Waals surface area contributed by atoms with Gasteiger partial charge < -0.3 is 4.74 Å². The van der Waals surface area contributed by atoms with Gasteiger partial charge in [-0.15, -0.1) is 0 Å². The molecular weight excluding hydrogens is 262 g/mol. The number of hydrogen-bond donors (Lipinski definition) is 0. The van der Waals surface area contributed by atoms with Crippen LogP contribution in [0.5, 0.6) is 0 Å². The predicted molar refractivity (Wildman–Crippen MR) is 84.1 cm³/mol. The molecule has 21 heavy (non-hydrogen) atoms. The average Bonchev–Trinajstić information content (AvgIpc) is 2.83. The first-order valence-electron chi connectivity index (χ1n) is 7.61. The van der Waals surface area contributed by atoms with E-state index in [9.17, 15) is 4.79 Å². The van der Waals surface area contributed by atoms with Crippen molar-refractivity contribution >= 4 is 5.78 Å². The third-order valence-electron chi connectivity index (χ3n) is 3.97. The molecule has 0 N–H and O–H groups in total. The van der Waals surface area contributed by atoms with Crippen molar-refractivity contribution in [3.8, 4) is 6.07 Å². The van der Waals surface area contributed by atoms with Gasteiger partial charge in [0.1, 0.15) is 11.5 Å². The molecule has 0 spiro atoms. The van der Waals surface area contributed by atoms with Crippen molar-refractivity contribution in [1.29, 1.82) is 5.26 Å². The van der Waals surface area contributed by atoms with Gasteiger partial charge in [0.15, 0.2) is 0 Å². The molecule has 0 aromatic heterocycles. The summed E-state index contributed by atoms with van der Waals surface area (Å²) >= 11 is 0. The number of nitrogens with zero attached hydrogens (tertiary/aromatic N) is 1.